The molecule has 7 nitrogen and oxygen atoms in total. The zero-order valence-electron chi connectivity index (χ0n) is 14.3. The van der Waals surface area contributed by atoms with E-state index in [0.29, 0.717) is 43.9 Å². The average molecular weight is 349 g/mol. The summed E-state index contributed by atoms with van der Waals surface area (Å²) in [4.78, 5) is 36.0. The van der Waals surface area contributed by atoms with Gasteiger partial charge in [-0.2, -0.15) is 0 Å². The van der Waals surface area contributed by atoms with Crippen LogP contribution in [0.1, 0.15) is 36.5 Å². The van der Waals surface area contributed by atoms with Crippen LogP contribution in [-0.2, 0) is 14.3 Å². The predicted octanol–water partition coefficient (Wildman–Crippen LogP) is 1.75. The molecule has 0 saturated carbocycles. The van der Waals surface area contributed by atoms with Gasteiger partial charge in [-0.3, -0.25) is 14.4 Å². The number of carbonyl (C=O) groups excluding carboxylic acids is 2. The fourth-order valence-corrected chi connectivity index (χ4v) is 2.70. The molecule has 0 spiro atoms. The first-order valence-corrected chi connectivity index (χ1v) is 8.30. The van der Waals surface area contributed by atoms with E-state index in [2.05, 4.69) is 0 Å². The Morgan fingerprint density at radius 3 is 2.64 bits per heavy atom. The van der Waals surface area contributed by atoms with Crippen LogP contribution in [0.25, 0.3) is 0 Å². The Hall–Kier alpha value is -2.41. The molecule has 1 fully saturated rings. The monoisotopic (exact) mass is 349 g/mol. The Labute approximate surface area is 146 Å². The van der Waals surface area contributed by atoms with Gasteiger partial charge in [0.15, 0.2) is 5.78 Å². The number of rotatable bonds is 8. The van der Waals surface area contributed by atoms with Crippen LogP contribution in [0.5, 0.6) is 5.75 Å². The van der Waals surface area contributed by atoms with Gasteiger partial charge in [0.05, 0.1) is 32.3 Å². The van der Waals surface area contributed by atoms with Crippen molar-refractivity contribution in [3.8, 4) is 5.75 Å². The largest absolute Gasteiger partial charge is 0.494 e. The number of amides is 1. The number of carbonyl (C=O) groups is 3. The highest BCUT2D eigenvalue weighted by Crippen LogP contribution is 2.15. The van der Waals surface area contributed by atoms with Crippen molar-refractivity contribution in [3.63, 3.8) is 0 Å². The lowest BCUT2D eigenvalue weighted by Crippen LogP contribution is -2.49. The Morgan fingerprint density at radius 1 is 1.28 bits per heavy atom. The predicted molar refractivity (Wildman–Crippen MR) is 89.7 cm³/mol. The number of benzene rings is 1. The van der Waals surface area contributed by atoms with Gasteiger partial charge in [0.2, 0.25) is 5.91 Å². The zero-order valence-corrected chi connectivity index (χ0v) is 14.3. The summed E-state index contributed by atoms with van der Waals surface area (Å²) in [7, 11) is 0. The molecule has 1 atom stereocenters. The second-order valence-corrected chi connectivity index (χ2v) is 5.95. The molecule has 1 saturated heterocycles. The molecule has 0 bridgehead atoms. The third kappa shape index (κ3) is 5.86. The van der Waals surface area contributed by atoms with Gasteiger partial charge in [0.25, 0.3) is 0 Å². The van der Waals surface area contributed by atoms with Crippen LogP contribution >= 0.6 is 0 Å². The maximum absolute atomic E-state index is 12.3. The molecule has 0 radical (unpaired) electrons. The van der Waals surface area contributed by atoms with Gasteiger partial charge < -0.3 is 19.5 Å². The summed E-state index contributed by atoms with van der Waals surface area (Å²) in [6.07, 6.45) is 0.719. The second-order valence-electron chi connectivity index (χ2n) is 5.95. The first kappa shape index (κ1) is 18.9. The van der Waals surface area contributed by atoms with E-state index in [4.69, 9.17) is 14.6 Å². The third-order valence-corrected chi connectivity index (χ3v) is 4.02. The zero-order chi connectivity index (χ0) is 18.2. The van der Waals surface area contributed by atoms with Crippen molar-refractivity contribution in [1.82, 2.24) is 4.90 Å². The lowest BCUT2D eigenvalue weighted by atomic mass is 10.1. The van der Waals surface area contributed by atoms with Crippen LogP contribution in [-0.4, -0.2) is 60.1 Å². The number of morpholine rings is 1. The number of Topliss-reactive ketones (excluding diaryl/α,β-unsaturated/α-hetero) is 1. The molecule has 0 aromatic heterocycles. The lowest BCUT2D eigenvalue weighted by molar-refractivity contribution is -0.146. The van der Waals surface area contributed by atoms with Crippen LogP contribution in [0.4, 0.5) is 0 Å². The van der Waals surface area contributed by atoms with E-state index >= 15 is 0 Å². The summed E-state index contributed by atoms with van der Waals surface area (Å²) < 4.78 is 10.8. The van der Waals surface area contributed by atoms with Crippen LogP contribution < -0.4 is 4.74 Å². The molecule has 7 heteroatoms. The number of ketones is 1. The highest BCUT2D eigenvalue weighted by Gasteiger charge is 2.28. The number of ether oxygens (including phenoxy) is 2. The van der Waals surface area contributed by atoms with Gasteiger partial charge in [0.1, 0.15) is 5.75 Å². The molecule has 1 aromatic rings. The molecular weight excluding hydrogens is 326 g/mol. The molecule has 136 valence electrons. The first-order valence-electron chi connectivity index (χ1n) is 8.30. The van der Waals surface area contributed by atoms with E-state index in [1.165, 1.54) is 6.92 Å². The molecule has 1 heterocycles. The van der Waals surface area contributed by atoms with Crippen molar-refractivity contribution >= 4 is 17.7 Å². The quantitative estimate of drug-likeness (QED) is 0.568. The van der Waals surface area contributed by atoms with Gasteiger partial charge in [-0.05, 0) is 37.6 Å². The Kier molecular flexibility index (Phi) is 6.94. The standard InChI is InChI=1S/C18H23NO6/c1-13(20)14-4-6-16(7-5-14)25-9-2-3-17(21)19-8-10-24-12-15(19)11-18(22)23/h4-7,15H,2-3,8-12H2,1H3,(H,22,23). The van der Waals surface area contributed by atoms with Crippen LogP contribution in [0.15, 0.2) is 24.3 Å². The molecular formula is C18H23NO6. The number of hydrogen-bond acceptors (Lipinski definition) is 5. The topological polar surface area (TPSA) is 93.1 Å². The lowest BCUT2D eigenvalue weighted by Gasteiger charge is -2.34. The Morgan fingerprint density at radius 2 is 2.00 bits per heavy atom. The molecule has 1 N–H and O–H groups in total. The minimum atomic E-state index is -0.939. The molecule has 1 aliphatic heterocycles. The van der Waals surface area contributed by atoms with Crippen molar-refractivity contribution in [3.05, 3.63) is 29.8 Å². The van der Waals surface area contributed by atoms with Crippen molar-refractivity contribution < 1.29 is 29.0 Å². The minimum absolute atomic E-state index is 0.00132. The van der Waals surface area contributed by atoms with Gasteiger partial charge in [-0.15, -0.1) is 0 Å². The summed E-state index contributed by atoms with van der Waals surface area (Å²) in [6.45, 7) is 2.99. The maximum Gasteiger partial charge on any atom is 0.305 e. The summed E-state index contributed by atoms with van der Waals surface area (Å²) >= 11 is 0. The number of hydrogen-bond donors (Lipinski definition) is 1. The fourth-order valence-electron chi connectivity index (χ4n) is 2.70. The van der Waals surface area contributed by atoms with E-state index in [9.17, 15) is 14.4 Å². The highest BCUT2D eigenvalue weighted by molar-refractivity contribution is 5.94. The molecule has 1 unspecified atom stereocenters. The second kappa shape index (κ2) is 9.17. The van der Waals surface area contributed by atoms with Crippen molar-refractivity contribution in [1.29, 1.82) is 0 Å². The molecule has 1 aliphatic rings. The summed E-state index contributed by atoms with van der Waals surface area (Å²) in [6, 6.07) is 6.45. The molecule has 1 amide bonds. The summed E-state index contributed by atoms with van der Waals surface area (Å²) in [5, 5.41) is 8.92. The van der Waals surface area contributed by atoms with Crippen molar-refractivity contribution in [2.45, 2.75) is 32.2 Å². The molecule has 0 aliphatic carbocycles. The van der Waals surface area contributed by atoms with Crippen molar-refractivity contribution in [2.75, 3.05) is 26.4 Å². The number of carboxylic acids is 1. The molecule has 2 rings (SSSR count). The van der Waals surface area contributed by atoms with E-state index in [1.807, 2.05) is 0 Å². The van der Waals surface area contributed by atoms with Gasteiger partial charge in [0, 0.05) is 18.5 Å². The van der Waals surface area contributed by atoms with E-state index in [1.54, 1.807) is 29.2 Å². The minimum Gasteiger partial charge on any atom is -0.494 e. The normalized spacial score (nSPS) is 17.2. The fraction of sp³-hybridized carbons (Fsp3) is 0.500. The number of aliphatic carboxylic acids is 1. The SMILES string of the molecule is CC(=O)c1ccc(OCCCC(=O)N2CCOCC2CC(=O)O)cc1. The number of nitrogens with zero attached hydrogens (tertiary/aromatic N) is 1. The Bertz CT molecular complexity index is 612. The van der Waals surface area contributed by atoms with Crippen LogP contribution in [0, 0.1) is 0 Å². The van der Waals surface area contributed by atoms with E-state index in [-0.39, 0.29) is 24.7 Å². The highest BCUT2D eigenvalue weighted by atomic mass is 16.5. The third-order valence-electron chi connectivity index (χ3n) is 4.02. The van der Waals surface area contributed by atoms with E-state index in [0.717, 1.165) is 0 Å². The number of carboxylic acid groups (broad SMARTS) is 1. The maximum atomic E-state index is 12.3. The van der Waals surface area contributed by atoms with Gasteiger partial charge in [-0.25, -0.2) is 0 Å². The molecule has 25 heavy (non-hydrogen) atoms. The summed E-state index contributed by atoms with van der Waals surface area (Å²) in [5.41, 5.74) is 0.624. The van der Waals surface area contributed by atoms with Crippen LogP contribution in [0.2, 0.25) is 0 Å². The van der Waals surface area contributed by atoms with Crippen molar-refractivity contribution in [2.24, 2.45) is 0 Å². The van der Waals surface area contributed by atoms with Gasteiger partial charge in [-0.1, -0.05) is 0 Å². The summed E-state index contributed by atoms with van der Waals surface area (Å²) in [5.74, 6) is -0.373. The molecule has 1 aromatic carbocycles. The Balaban J connectivity index is 1.75. The van der Waals surface area contributed by atoms with E-state index < -0.39 is 12.0 Å². The smallest absolute Gasteiger partial charge is 0.305 e. The van der Waals surface area contributed by atoms with Crippen LogP contribution in [0.3, 0.4) is 0 Å². The first-order chi connectivity index (χ1) is 12.0. The van der Waals surface area contributed by atoms with Gasteiger partial charge >= 0.3 is 5.97 Å². The average Bonchev–Trinajstić information content (AvgIpc) is 2.59.